The van der Waals surface area contributed by atoms with Crippen molar-refractivity contribution in [3.63, 3.8) is 0 Å². The van der Waals surface area contributed by atoms with E-state index in [1.165, 1.54) is 23.9 Å². The third-order valence-corrected chi connectivity index (χ3v) is 2.93. The Labute approximate surface area is 97.7 Å². The van der Waals surface area contributed by atoms with Crippen LogP contribution < -0.4 is 5.73 Å². The molecule has 0 spiro atoms. The second-order valence-corrected chi connectivity index (χ2v) is 5.89. The molecule has 5 heteroatoms. The molecule has 0 aromatic heterocycles. The number of amidine groups is 1. The molecular formula is C11H14F2N2S. The standard InChI is InChI=1S/C11H14F2N2S/c1-11(2,16-10(14)15)6-7-3-4-8(12)5-9(7)13/h3-5H,6H2,1-2H3,(H3,14,15). The van der Waals surface area contributed by atoms with Crippen molar-refractivity contribution in [1.82, 2.24) is 0 Å². The molecule has 0 atom stereocenters. The van der Waals surface area contributed by atoms with Gasteiger partial charge in [0.2, 0.25) is 0 Å². The second kappa shape index (κ2) is 4.82. The largest absolute Gasteiger partial charge is 0.379 e. The van der Waals surface area contributed by atoms with Crippen LogP contribution in [0.5, 0.6) is 0 Å². The number of hydrogen-bond donors (Lipinski definition) is 2. The van der Waals surface area contributed by atoms with Gasteiger partial charge >= 0.3 is 0 Å². The van der Waals surface area contributed by atoms with Crippen molar-refractivity contribution in [2.24, 2.45) is 5.73 Å². The van der Waals surface area contributed by atoms with Gasteiger partial charge in [0.1, 0.15) is 11.6 Å². The summed E-state index contributed by atoms with van der Waals surface area (Å²) in [5.74, 6) is -1.14. The SMILES string of the molecule is CC(C)(Cc1ccc(F)cc1F)SC(=N)N. The maximum absolute atomic E-state index is 13.4. The molecule has 0 radical (unpaired) electrons. The van der Waals surface area contributed by atoms with Gasteiger partial charge in [-0.05, 0) is 31.9 Å². The van der Waals surface area contributed by atoms with Gasteiger partial charge < -0.3 is 5.73 Å². The lowest BCUT2D eigenvalue weighted by molar-refractivity contribution is 0.562. The summed E-state index contributed by atoms with van der Waals surface area (Å²) in [5.41, 5.74) is 5.72. The maximum atomic E-state index is 13.4. The smallest absolute Gasteiger partial charge is 0.151 e. The normalized spacial score (nSPS) is 11.5. The van der Waals surface area contributed by atoms with E-state index in [1.54, 1.807) is 0 Å². The molecule has 16 heavy (non-hydrogen) atoms. The number of halogens is 2. The predicted molar refractivity (Wildman–Crippen MR) is 63.6 cm³/mol. The van der Waals surface area contributed by atoms with E-state index in [0.717, 1.165) is 6.07 Å². The van der Waals surface area contributed by atoms with E-state index in [0.29, 0.717) is 12.0 Å². The lowest BCUT2D eigenvalue weighted by atomic mass is 10.0. The zero-order valence-electron chi connectivity index (χ0n) is 9.18. The Morgan fingerprint density at radius 1 is 1.44 bits per heavy atom. The van der Waals surface area contributed by atoms with E-state index >= 15 is 0 Å². The third kappa shape index (κ3) is 3.81. The van der Waals surface area contributed by atoms with Crippen LogP contribution in [0.3, 0.4) is 0 Å². The van der Waals surface area contributed by atoms with Crippen molar-refractivity contribution in [1.29, 1.82) is 5.41 Å². The van der Waals surface area contributed by atoms with Crippen molar-refractivity contribution in [3.05, 3.63) is 35.4 Å². The third-order valence-electron chi connectivity index (χ3n) is 2.02. The van der Waals surface area contributed by atoms with Crippen LogP contribution in [0.2, 0.25) is 0 Å². The highest BCUT2D eigenvalue weighted by Gasteiger charge is 2.22. The van der Waals surface area contributed by atoms with Crippen LogP contribution in [-0.2, 0) is 6.42 Å². The van der Waals surface area contributed by atoms with E-state index < -0.39 is 11.6 Å². The number of thioether (sulfide) groups is 1. The minimum atomic E-state index is -0.585. The molecule has 0 saturated carbocycles. The van der Waals surface area contributed by atoms with Gasteiger partial charge in [-0.25, -0.2) is 8.78 Å². The van der Waals surface area contributed by atoms with Gasteiger partial charge in [-0.1, -0.05) is 17.8 Å². The van der Waals surface area contributed by atoms with E-state index in [2.05, 4.69) is 0 Å². The zero-order chi connectivity index (χ0) is 12.3. The highest BCUT2D eigenvalue weighted by molar-refractivity contribution is 8.14. The number of nitrogens with two attached hydrogens (primary N) is 1. The van der Waals surface area contributed by atoms with E-state index in [1.807, 2.05) is 13.8 Å². The molecule has 0 fully saturated rings. The monoisotopic (exact) mass is 244 g/mol. The summed E-state index contributed by atoms with van der Waals surface area (Å²) < 4.78 is 25.7. The van der Waals surface area contributed by atoms with E-state index in [-0.39, 0.29) is 9.91 Å². The average Bonchev–Trinajstić information content (AvgIpc) is 2.07. The van der Waals surface area contributed by atoms with Crippen molar-refractivity contribution in [2.45, 2.75) is 25.0 Å². The molecule has 0 aliphatic carbocycles. The minimum Gasteiger partial charge on any atom is -0.379 e. The summed E-state index contributed by atoms with van der Waals surface area (Å²) in [5, 5.41) is 7.18. The second-order valence-electron chi connectivity index (χ2n) is 4.14. The highest BCUT2D eigenvalue weighted by Crippen LogP contribution is 2.29. The molecule has 2 nitrogen and oxygen atoms in total. The van der Waals surface area contributed by atoms with Crippen LogP contribution in [0.4, 0.5) is 8.78 Å². The molecule has 0 unspecified atom stereocenters. The topological polar surface area (TPSA) is 49.9 Å². The summed E-state index contributed by atoms with van der Waals surface area (Å²) in [6, 6.07) is 3.52. The fourth-order valence-corrected chi connectivity index (χ4v) is 2.28. The molecule has 0 bridgehead atoms. The van der Waals surface area contributed by atoms with Gasteiger partial charge in [0.25, 0.3) is 0 Å². The molecule has 0 heterocycles. The van der Waals surface area contributed by atoms with Gasteiger partial charge in [-0.15, -0.1) is 0 Å². The molecule has 0 aliphatic heterocycles. The Kier molecular flexibility index (Phi) is 3.91. The molecule has 0 amide bonds. The zero-order valence-corrected chi connectivity index (χ0v) is 10.00. The first-order chi connectivity index (χ1) is 7.30. The van der Waals surface area contributed by atoms with Crippen LogP contribution in [0.15, 0.2) is 18.2 Å². The van der Waals surface area contributed by atoms with Crippen molar-refractivity contribution in [3.8, 4) is 0 Å². The van der Waals surface area contributed by atoms with Crippen LogP contribution in [0.1, 0.15) is 19.4 Å². The Morgan fingerprint density at radius 3 is 2.56 bits per heavy atom. The molecule has 1 aromatic carbocycles. The van der Waals surface area contributed by atoms with Crippen LogP contribution in [0, 0.1) is 17.0 Å². The summed E-state index contributed by atoms with van der Waals surface area (Å²) in [7, 11) is 0. The summed E-state index contributed by atoms with van der Waals surface area (Å²) in [6.45, 7) is 3.73. The van der Waals surface area contributed by atoms with E-state index in [9.17, 15) is 8.78 Å². The lowest BCUT2D eigenvalue weighted by Crippen LogP contribution is -2.24. The fraction of sp³-hybridized carbons (Fsp3) is 0.364. The van der Waals surface area contributed by atoms with Gasteiger partial charge in [0, 0.05) is 10.8 Å². The van der Waals surface area contributed by atoms with Crippen LogP contribution >= 0.6 is 11.8 Å². The highest BCUT2D eigenvalue weighted by atomic mass is 32.2. The predicted octanol–water partition coefficient (Wildman–Crippen LogP) is 2.91. The van der Waals surface area contributed by atoms with Crippen molar-refractivity contribution >= 4 is 16.9 Å². The summed E-state index contributed by atoms with van der Waals surface area (Å²) >= 11 is 1.17. The number of hydrogen-bond acceptors (Lipinski definition) is 2. The fourth-order valence-electron chi connectivity index (χ4n) is 1.46. The Hall–Kier alpha value is -1.10. The molecular weight excluding hydrogens is 230 g/mol. The minimum absolute atomic E-state index is 0.00693. The number of nitrogens with one attached hydrogen (secondary N) is 1. The average molecular weight is 244 g/mol. The molecule has 0 aliphatic rings. The molecule has 1 aromatic rings. The quantitative estimate of drug-likeness (QED) is 0.634. The molecule has 0 saturated heterocycles. The summed E-state index contributed by atoms with van der Waals surface area (Å²) in [4.78, 5) is 0. The maximum Gasteiger partial charge on any atom is 0.151 e. The van der Waals surface area contributed by atoms with Gasteiger partial charge in [0.05, 0.1) is 0 Å². The van der Waals surface area contributed by atoms with Crippen molar-refractivity contribution in [2.75, 3.05) is 0 Å². The Morgan fingerprint density at radius 2 is 2.06 bits per heavy atom. The lowest BCUT2D eigenvalue weighted by Gasteiger charge is -2.23. The molecule has 3 N–H and O–H groups in total. The van der Waals surface area contributed by atoms with Gasteiger partial charge in [-0.3, -0.25) is 5.41 Å². The first kappa shape index (κ1) is 13.0. The summed E-state index contributed by atoms with van der Waals surface area (Å²) in [6.07, 6.45) is 0.392. The first-order valence-corrected chi connectivity index (χ1v) is 5.59. The van der Waals surface area contributed by atoms with Gasteiger partial charge in [-0.2, -0.15) is 0 Å². The molecule has 1 rings (SSSR count). The Bertz CT molecular complexity index is 405. The van der Waals surface area contributed by atoms with Gasteiger partial charge in [0.15, 0.2) is 5.17 Å². The van der Waals surface area contributed by atoms with Crippen LogP contribution in [0.25, 0.3) is 0 Å². The first-order valence-electron chi connectivity index (χ1n) is 4.77. The Balaban J connectivity index is 2.83. The number of benzene rings is 1. The van der Waals surface area contributed by atoms with Crippen LogP contribution in [-0.4, -0.2) is 9.91 Å². The van der Waals surface area contributed by atoms with Crippen molar-refractivity contribution < 1.29 is 8.78 Å². The van der Waals surface area contributed by atoms with E-state index in [4.69, 9.17) is 11.1 Å². The molecule has 88 valence electrons. The number of rotatable bonds is 3.